The Morgan fingerprint density at radius 1 is 1.27 bits per heavy atom. The molecule has 1 aromatic carbocycles. The Kier molecular flexibility index (Phi) is 11.3. The van der Waals surface area contributed by atoms with Crippen LogP contribution in [0.1, 0.15) is 19.4 Å². The van der Waals surface area contributed by atoms with Crippen LogP contribution >= 0.6 is 24.0 Å². The molecule has 0 bridgehead atoms. The molecule has 0 atom stereocenters. The van der Waals surface area contributed by atoms with Crippen LogP contribution in [-0.4, -0.2) is 32.8 Å². The van der Waals surface area contributed by atoms with Gasteiger partial charge in [0.1, 0.15) is 0 Å². The van der Waals surface area contributed by atoms with Crippen LogP contribution < -0.4 is 20.1 Å². The Labute approximate surface area is 150 Å². The highest BCUT2D eigenvalue weighted by molar-refractivity contribution is 14.0. The molecule has 0 unspecified atom stereocenters. The molecule has 22 heavy (non-hydrogen) atoms. The average Bonchev–Trinajstić information content (AvgIpc) is 2.51. The van der Waals surface area contributed by atoms with Crippen molar-refractivity contribution in [3.63, 3.8) is 0 Å². The molecule has 124 valence electrons. The van der Waals surface area contributed by atoms with Crippen molar-refractivity contribution in [3.05, 3.63) is 36.4 Å². The number of guanidine groups is 1. The van der Waals surface area contributed by atoms with Gasteiger partial charge in [0.2, 0.25) is 0 Å². The predicted octanol–water partition coefficient (Wildman–Crippen LogP) is 2.95. The average molecular weight is 419 g/mol. The molecule has 0 aliphatic heterocycles. The molecule has 0 heterocycles. The number of hydrogen-bond acceptors (Lipinski definition) is 3. The second-order valence-electron chi connectivity index (χ2n) is 4.28. The summed E-state index contributed by atoms with van der Waals surface area (Å²) in [4.78, 5) is 4.52. The van der Waals surface area contributed by atoms with Crippen LogP contribution in [-0.2, 0) is 6.54 Å². The van der Waals surface area contributed by atoms with E-state index in [0.717, 1.165) is 29.6 Å². The number of nitrogens with zero attached hydrogens (tertiary/aromatic N) is 1. The van der Waals surface area contributed by atoms with Gasteiger partial charge in [0.25, 0.3) is 0 Å². The lowest BCUT2D eigenvalue weighted by Crippen LogP contribution is -2.37. The van der Waals surface area contributed by atoms with Crippen LogP contribution in [0, 0.1) is 0 Å². The first-order valence-electron chi connectivity index (χ1n) is 7.17. The fourth-order valence-electron chi connectivity index (χ4n) is 1.77. The van der Waals surface area contributed by atoms with Crippen molar-refractivity contribution >= 4 is 29.9 Å². The standard InChI is InChI=1S/C16H25N3O2.HI/c1-5-10-18-16(17-6-2)19-12-13-8-9-14(21-7-3)15(11-13)20-4;/h5,8-9,11H,1,6-7,10,12H2,2-4H3,(H2,17,18,19);1H. The van der Waals surface area contributed by atoms with Gasteiger partial charge in [0, 0.05) is 13.1 Å². The lowest BCUT2D eigenvalue weighted by molar-refractivity contribution is 0.310. The van der Waals surface area contributed by atoms with Gasteiger partial charge < -0.3 is 20.1 Å². The van der Waals surface area contributed by atoms with Crippen LogP contribution in [0.15, 0.2) is 35.8 Å². The van der Waals surface area contributed by atoms with E-state index in [1.807, 2.05) is 32.0 Å². The Balaban J connectivity index is 0.00000441. The van der Waals surface area contributed by atoms with E-state index in [0.29, 0.717) is 19.7 Å². The number of halogens is 1. The third kappa shape index (κ3) is 7.02. The highest BCUT2D eigenvalue weighted by Crippen LogP contribution is 2.28. The number of hydrogen-bond donors (Lipinski definition) is 2. The SMILES string of the molecule is C=CCNC(=NCc1ccc(OCC)c(OC)c1)NCC.I. The predicted molar refractivity (Wildman–Crippen MR) is 103 cm³/mol. The first-order valence-corrected chi connectivity index (χ1v) is 7.17. The van der Waals surface area contributed by atoms with Gasteiger partial charge in [-0.15, -0.1) is 30.6 Å². The molecule has 0 saturated carbocycles. The van der Waals surface area contributed by atoms with E-state index in [1.54, 1.807) is 13.2 Å². The lowest BCUT2D eigenvalue weighted by Gasteiger charge is -2.11. The van der Waals surface area contributed by atoms with Crippen molar-refractivity contribution in [2.24, 2.45) is 4.99 Å². The normalized spacial score (nSPS) is 10.4. The highest BCUT2D eigenvalue weighted by atomic mass is 127. The van der Waals surface area contributed by atoms with Gasteiger partial charge in [-0.25, -0.2) is 4.99 Å². The van der Waals surface area contributed by atoms with Crippen molar-refractivity contribution in [1.82, 2.24) is 10.6 Å². The third-order valence-electron chi connectivity index (χ3n) is 2.71. The fourth-order valence-corrected chi connectivity index (χ4v) is 1.77. The maximum absolute atomic E-state index is 5.50. The summed E-state index contributed by atoms with van der Waals surface area (Å²) in [6.07, 6.45) is 1.80. The maximum atomic E-state index is 5.50. The lowest BCUT2D eigenvalue weighted by atomic mass is 10.2. The molecule has 1 aromatic rings. The van der Waals surface area contributed by atoms with Crippen LogP contribution in [0.5, 0.6) is 11.5 Å². The third-order valence-corrected chi connectivity index (χ3v) is 2.71. The van der Waals surface area contributed by atoms with Crippen LogP contribution in [0.3, 0.4) is 0 Å². The minimum Gasteiger partial charge on any atom is -0.493 e. The van der Waals surface area contributed by atoms with Crippen molar-refractivity contribution in [2.75, 3.05) is 26.8 Å². The van der Waals surface area contributed by atoms with E-state index >= 15 is 0 Å². The summed E-state index contributed by atoms with van der Waals surface area (Å²) in [7, 11) is 1.64. The smallest absolute Gasteiger partial charge is 0.191 e. The molecule has 2 N–H and O–H groups in total. The largest absolute Gasteiger partial charge is 0.493 e. The summed E-state index contributed by atoms with van der Waals surface area (Å²) < 4.78 is 10.8. The van der Waals surface area contributed by atoms with E-state index in [4.69, 9.17) is 9.47 Å². The van der Waals surface area contributed by atoms with Crippen LogP contribution in [0.4, 0.5) is 0 Å². The Morgan fingerprint density at radius 3 is 2.64 bits per heavy atom. The Hall–Kier alpha value is -1.44. The molecule has 0 saturated heterocycles. The van der Waals surface area contributed by atoms with Gasteiger partial charge in [-0.1, -0.05) is 12.1 Å². The van der Waals surface area contributed by atoms with E-state index in [9.17, 15) is 0 Å². The fraction of sp³-hybridized carbons (Fsp3) is 0.438. The minimum atomic E-state index is 0. The number of aliphatic imine (C=N–C) groups is 1. The number of nitrogens with one attached hydrogen (secondary N) is 2. The molecule has 0 amide bonds. The van der Waals surface area contributed by atoms with Crippen molar-refractivity contribution in [3.8, 4) is 11.5 Å². The van der Waals surface area contributed by atoms with E-state index in [2.05, 4.69) is 22.2 Å². The number of benzene rings is 1. The van der Waals surface area contributed by atoms with Crippen LogP contribution in [0.2, 0.25) is 0 Å². The highest BCUT2D eigenvalue weighted by Gasteiger charge is 2.05. The zero-order valence-corrected chi connectivity index (χ0v) is 15.8. The summed E-state index contributed by atoms with van der Waals surface area (Å²) in [5, 5.41) is 6.35. The maximum Gasteiger partial charge on any atom is 0.191 e. The molecule has 1 rings (SSSR count). The van der Waals surface area contributed by atoms with Gasteiger partial charge in [-0.3, -0.25) is 0 Å². The molecule has 0 fully saturated rings. The monoisotopic (exact) mass is 419 g/mol. The van der Waals surface area contributed by atoms with E-state index in [-0.39, 0.29) is 24.0 Å². The van der Waals surface area contributed by atoms with Crippen molar-refractivity contribution < 1.29 is 9.47 Å². The molecular formula is C16H26IN3O2. The quantitative estimate of drug-likeness (QED) is 0.295. The molecule has 0 aliphatic rings. The molecule has 0 radical (unpaired) electrons. The summed E-state index contributed by atoms with van der Waals surface area (Å²) in [5.74, 6) is 2.25. The topological polar surface area (TPSA) is 54.9 Å². The summed E-state index contributed by atoms with van der Waals surface area (Å²) in [6.45, 7) is 10.3. The summed E-state index contributed by atoms with van der Waals surface area (Å²) in [6, 6.07) is 5.86. The Bertz CT molecular complexity index is 478. The second kappa shape index (κ2) is 12.1. The van der Waals surface area contributed by atoms with Gasteiger partial charge >= 0.3 is 0 Å². The molecule has 0 aliphatic carbocycles. The number of rotatable bonds is 8. The number of ether oxygens (including phenoxy) is 2. The van der Waals surface area contributed by atoms with E-state index in [1.165, 1.54) is 0 Å². The summed E-state index contributed by atoms with van der Waals surface area (Å²) >= 11 is 0. The summed E-state index contributed by atoms with van der Waals surface area (Å²) in [5.41, 5.74) is 1.06. The molecule has 6 heteroatoms. The Morgan fingerprint density at radius 2 is 2.05 bits per heavy atom. The van der Waals surface area contributed by atoms with Crippen LogP contribution in [0.25, 0.3) is 0 Å². The van der Waals surface area contributed by atoms with Crippen molar-refractivity contribution in [2.45, 2.75) is 20.4 Å². The van der Waals surface area contributed by atoms with E-state index < -0.39 is 0 Å². The van der Waals surface area contributed by atoms with Crippen molar-refractivity contribution in [1.29, 1.82) is 0 Å². The minimum absolute atomic E-state index is 0. The van der Waals surface area contributed by atoms with Gasteiger partial charge in [0.05, 0.1) is 20.3 Å². The molecular weight excluding hydrogens is 393 g/mol. The molecule has 0 aromatic heterocycles. The van der Waals surface area contributed by atoms with Gasteiger partial charge in [-0.05, 0) is 31.5 Å². The second-order valence-corrected chi connectivity index (χ2v) is 4.28. The first-order chi connectivity index (χ1) is 10.2. The van der Waals surface area contributed by atoms with Gasteiger partial charge in [-0.2, -0.15) is 0 Å². The first kappa shape index (κ1) is 20.6. The number of methoxy groups -OCH3 is 1. The molecule has 0 spiro atoms. The van der Waals surface area contributed by atoms with Gasteiger partial charge in [0.15, 0.2) is 17.5 Å². The zero-order chi connectivity index (χ0) is 15.5. The zero-order valence-electron chi connectivity index (χ0n) is 13.5. The molecule has 5 nitrogen and oxygen atoms in total.